The number of fused-ring (bicyclic) bond motifs is 1. The molecule has 1 aromatic heterocycles. The number of piperazine rings is 1. The zero-order valence-corrected chi connectivity index (χ0v) is 18.5. The molecule has 1 amide bonds. The summed E-state index contributed by atoms with van der Waals surface area (Å²) >= 11 is 0. The molecule has 31 heavy (non-hydrogen) atoms. The van der Waals surface area contributed by atoms with Crippen LogP contribution in [0.4, 0.5) is 5.69 Å². The van der Waals surface area contributed by atoms with E-state index in [1.54, 1.807) is 24.3 Å². The van der Waals surface area contributed by atoms with Crippen molar-refractivity contribution in [1.29, 1.82) is 0 Å². The van der Waals surface area contributed by atoms with Crippen LogP contribution in [0, 0.1) is 0 Å². The number of carbonyl (C=O) groups excluding carboxylic acids is 1. The molecule has 1 fully saturated rings. The molecule has 4 rings (SSSR count). The maximum Gasteiger partial charge on any atom is 0.243 e. The van der Waals surface area contributed by atoms with Crippen LogP contribution in [-0.2, 0) is 21.2 Å². The van der Waals surface area contributed by atoms with Gasteiger partial charge in [-0.3, -0.25) is 4.79 Å². The molecule has 2 aromatic carbocycles. The molecule has 7 nitrogen and oxygen atoms in total. The number of likely N-dealkylation sites (N-methyl/N-ethyl adjacent to an activating group) is 1. The molecule has 3 aromatic rings. The van der Waals surface area contributed by atoms with Crippen LogP contribution in [0.25, 0.3) is 10.9 Å². The molecule has 0 bridgehead atoms. The van der Waals surface area contributed by atoms with Gasteiger partial charge in [0.25, 0.3) is 0 Å². The van der Waals surface area contributed by atoms with Crippen molar-refractivity contribution in [3.8, 4) is 0 Å². The van der Waals surface area contributed by atoms with E-state index in [9.17, 15) is 13.2 Å². The predicted molar refractivity (Wildman–Crippen MR) is 123 cm³/mol. The molecule has 1 aliphatic heterocycles. The van der Waals surface area contributed by atoms with Crippen molar-refractivity contribution in [1.82, 2.24) is 14.2 Å². The zero-order chi connectivity index (χ0) is 21.8. The van der Waals surface area contributed by atoms with Crippen LogP contribution in [0.2, 0.25) is 0 Å². The van der Waals surface area contributed by atoms with Gasteiger partial charge in [0, 0.05) is 55.4 Å². The molecule has 2 heterocycles. The van der Waals surface area contributed by atoms with Gasteiger partial charge in [0.15, 0.2) is 0 Å². The molecular weight excluding hydrogens is 412 g/mol. The average Bonchev–Trinajstić information content (AvgIpc) is 3.21. The van der Waals surface area contributed by atoms with Gasteiger partial charge in [-0.15, -0.1) is 0 Å². The third-order valence-electron chi connectivity index (χ3n) is 5.85. The molecule has 0 atom stereocenters. The maximum absolute atomic E-state index is 12.9. The molecule has 0 radical (unpaired) electrons. The molecule has 1 saturated heterocycles. The van der Waals surface area contributed by atoms with Gasteiger partial charge in [0.2, 0.25) is 15.9 Å². The zero-order valence-electron chi connectivity index (χ0n) is 17.7. The van der Waals surface area contributed by atoms with Crippen molar-refractivity contribution < 1.29 is 13.2 Å². The molecule has 164 valence electrons. The van der Waals surface area contributed by atoms with E-state index in [2.05, 4.69) is 22.1 Å². The van der Waals surface area contributed by atoms with Crippen molar-refractivity contribution in [2.75, 3.05) is 38.0 Å². The van der Waals surface area contributed by atoms with Crippen molar-refractivity contribution in [3.05, 3.63) is 60.3 Å². The number of aromatic amines is 1. The highest BCUT2D eigenvalue weighted by atomic mass is 32.2. The van der Waals surface area contributed by atoms with Crippen LogP contribution in [0.3, 0.4) is 0 Å². The number of amides is 1. The quantitative estimate of drug-likeness (QED) is 0.591. The molecule has 2 N–H and O–H groups in total. The first-order chi connectivity index (χ1) is 15.0. The fourth-order valence-corrected chi connectivity index (χ4v) is 5.38. The second-order valence-corrected chi connectivity index (χ2v) is 9.71. The minimum absolute atomic E-state index is 0.100. The summed E-state index contributed by atoms with van der Waals surface area (Å²) in [4.78, 5) is 18.1. The van der Waals surface area contributed by atoms with Crippen molar-refractivity contribution in [2.45, 2.75) is 24.7 Å². The monoisotopic (exact) mass is 440 g/mol. The third kappa shape index (κ3) is 4.81. The summed E-state index contributed by atoms with van der Waals surface area (Å²) in [5.41, 5.74) is 2.76. The number of aryl methyl sites for hydroxylation is 1. The standard InChI is InChI=1S/C23H28N4O3S/c1-2-26-13-15-27(16-14-26)31(29,30)20-10-8-19(9-11-20)25-23(28)12-7-18-17-24-22-6-4-3-5-21(18)22/h3-6,8-11,17,24H,2,7,12-16H2,1H3,(H,25,28). The Balaban J connectivity index is 1.34. The summed E-state index contributed by atoms with van der Waals surface area (Å²) in [6.45, 7) is 5.52. The van der Waals surface area contributed by atoms with Crippen LogP contribution >= 0.6 is 0 Å². The first-order valence-corrected chi connectivity index (χ1v) is 12.1. The Morgan fingerprint density at radius 3 is 2.45 bits per heavy atom. The minimum atomic E-state index is -3.51. The van der Waals surface area contributed by atoms with Crippen LogP contribution < -0.4 is 5.32 Å². The molecule has 0 spiro atoms. The van der Waals surface area contributed by atoms with Gasteiger partial charge in [0.05, 0.1) is 4.90 Å². The number of carbonyl (C=O) groups is 1. The Bertz CT molecular complexity index is 1150. The lowest BCUT2D eigenvalue weighted by Crippen LogP contribution is -2.48. The fourth-order valence-electron chi connectivity index (χ4n) is 3.96. The van der Waals surface area contributed by atoms with Crippen LogP contribution in [0.1, 0.15) is 18.9 Å². The number of benzene rings is 2. The van der Waals surface area contributed by atoms with E-state index in [-0.39, 0.29) is 10.8 Å². The molecule has 8 heteroatoms. The summed E-state index contributed by atoms with van der Waals surface area (Å²) in [5.74, 6) is -0.100. The van der Waals surface area contributed by atoms with E-state index in [0.29, 0.717) is 31.6 Å². The van der Waals surface area contributed by atoms with E-state index in [1.807, 2.05) is 30.5 Å². The van der Waals surface area contributed by atoms with E-state index < -0.39 is 10.0 Å². The first-order valence-electron chi connectivity index (χ1n) is 10.6. The average molecular weight is 441 g/mol. The van der Waals surface area contributed by atoms with E-state index in [0.717, 1.165) is 36.1 Å². The molecular formula is C23H28N4O3S. The van der Waals surface area contributed by atoms with Crippen LogP contribution in [0.5, 0.6) is 0 Å². The molecule has 1 aliphatic rings. The molecule has 0 saturated carbocycles. The number of rotatable bonds is 7. The Labute approximate surface area is 183 Å². The molecule has 0 unspecified atom stereocenters. The van der Waals surface area contributed by atoms with Crippen molar-refractivity contribution in [3.63, 3.8) is 0 Å². The number of anilines is 1. The highest BCUT2D eigenvalue weighted by Crippen LogP contribution is 2.21. The minimum Gasteiger partial charge on any atom is -0.361 e. The number of sulfonamides is 1. The lowest BCUT2D eigenvalue weighted by atomic mass is 10.1. The number of hydrogen-bond acceptors (Lipinski definition) is 4. The summed E-state index contributed by atoms with van der Waals surface area (Å²) < 4.78 is 27.3. The summed E-state index contributed by atoms with van der Waals surface area (Å²) in [6.07, 6.45) is 2.92. The Hall–Kier alpha value is -2.68. The highest BCUT2D eigenvalue weighted by Gasteiger charge is 2.27. The summed E-state index contributed by atoms with van der Waals surface area (Å²) in [5, 5.41) is 3.99. The van der Waals surface area contributed by atoms with Gasteiger partial charge in [-0.2, -0.15) is 4.31 Å². The van der Waals surface area contributed by atoms with Crippen molar-refractivity contribution >= 4 is 32.5 Å². The molecule has 0 aliphatic carbocycles. The number of aromatic nitrogens is 1. The maximum atomic E-state index is 12.9. The van der Waals surface area contributed by atoms with Gasteiger partial charge >= 0.3 is 0 Å². The third-order valence-corrected chi connectivity index (χ3v) is 7.76. The van der Waals surface area contributed by atoms with E-state index in [1.165, 1.54) is 4.31 Å². The van der Waals surface area contributed by atoms with Gasteiger partial charge in [-0.25, -0.2) is 8.42 Å². The Kier molecular flexibility index (Phi) is 6.41. The highest BCUT2D eigenvalue weighted by molar-refractivity contribution is 7.89. The van der Waals surface area contributed by atoms with Gasteiger partial charge in [0.1, 0.15) is 0 Å². The Morgan fingerprint density at radius 2 is 1.74 bits per heavy atom. The smallest absolute Gasteiger partial charge is 0.243 e. The van der Waals surface area contributed by atoms with E-state index in [4.69, 9.17) is 0 Å². The van der Waals surface area contributed by atoms with Gasteiger partial charge < -0.3 is 15.2 Å². The number of para-hydroxylation sites is 1. The number of nitrogens with zero attached hydrogens (tertiary/aromatic N) is 2. The normalized spacial score (nSPS) is 15.9. The summed E-state index contributed by atoms with van der Waals surface area (Å²) in [7, 11) is -3.51. The largest absolute Gasteiger partial charge is 0.361 e. The number of nitrogens with one attached hydrogen (secondary N) is 2. The van der Waals surface area contributed by atoms with Gasteiger partial charge in [-0.1, -0.05) is 25.1 Å². The summed E-state index contributed by atoms with van der Waals surface area (Å²) in [6, 6.07) is 14.5. The lowest BCUT2D eigenvalue weighted by molar-refractivity contribution is -0.116. The lowest BCUT2D eigenvalue weighted by Gasteiger charge is -2.33. The SMILES string of the molecule is CCN1CCN(S(=O)(=O)c2ccc(NC(=O)CCc3c[nH]c4ccccc34)cc2)CC1. The predicted octanol–water partition coefficient (Wildman–Crippen LogP) is 3.07. The second kappa shape index (κ2) is 9.21. The van der Waals surface area contributed by atoms with Crippen molar-refractivity contribution in [2.24, 2.45) is 0 Å². The number of hydrogen-bond donors (Lipinski definition) is 2. The van der Waals surface area contributed by atoms with E-state index >= 15 is 0 Å². The van der Waals surface area contributed by atoms with Crippen LogP contribution in [0.15, 0.2) is 59.6 Å². The van der Waals surface area contributed by atoms with Crippen LogP contribution in [-0.4, -0.2) is 61.2 Å². The fraction of sp³-hybridized carbons (Fsp3) is 0.348. The Morgan fingerprint density at radius 1 is 1.03 bits per heavy atom. The van der Waals surface area contributed by atoms with Gasteiger partial charge in [-0.05, 0) is 48.9 Å². The number of H-pyrrole nitrogens is 1. The second-order valence-electron chi connectivity index (χ2n) is 7.77. The topological polar surface area (TPSA) is 85.5 Å². The first kappa shape index (κ1) is 21.5.